The number of hydrogen-bond donors (Lipinski definition) is 1. The zero-order chi connectivity index (χ0) is 12.0. The van der Waals surface area contributed by atoms with Crippen LogP contribution in [0.2, 0.25) is 0 Å². The van der Waals surface area contributed by atoms with Gasteiger partial charge in [0.25, 0.3) is 0 Å². The molecule has 0 amide bonds. The molecule has 0 unspecified atom stereocenters. The van der Waals surface area contributed by atoms with E-state index in [-0.39, 0.29) is 24.9 Å². The smallest absolute Gasteiger partial charge is 0.164 e. The second-order valence-corrected chi connectivity index (χ2v) is 5.19. The Kier molecular flexibility index (Phi) is 3.01. The van der Waals surface area contributed by atoms with Crippen LogP contribution in [0, 0.1) is 0 Å². The van der Waals surface area contributed by atoms with Gasteiger partial charge in [0.2, 0.25) is 0 Å². The van der Waals surface area contributed by atoms with Crippen molar-refractivity contribution in [3.05, 3.63) is 0 Å². The Labute approximate surface area is 95.6 Å². The number of aliphatic hydroxyl groups excluding tert-OH is 1. The normalized spacial score (nSPS) is 41.4. The second-order valence-electron chi connectivity index (χ2n) is 5.19. The summed E-state index contributed by atoms with van der Waals surface area (Å²) >= 11 is 0. The maximum absolute atomic E-state index is 9.26. The fraction of sp³-hybridized carbons (Fsp3) is 1.00. The molecule has 2 saturated heterocycles. The van der Waals surface area contributed by atoms with Crippen LogP contribution in [0.3, 0.4) is 0 Å². The number of ether oxygens (including phenoxy) is 4. The van der Waals surface area contributed by atoms with E-state index in [1.807, 2.05) is 27.7 Å². The maximum atomic E-state index is 9.26. The predicted octanol–water partition coefficient (Wildman–Crippen LogP) is 0.650. The summed E-state index contributed by atoms with van der Waals surface area (Å²) in [4.78, 5) is 0. The van der Waals surface area contributed by atoms with Gasteiger partial charge in [0.15, 0.2) is 11.6 Å². The molecule has 16 heavy (non-hydrogen) atoms. The van der Waals surface area contributed by atoms with Crippen molar-refractivity contribution in [3.8, 4) is 0 Å². The van der Waals surface area contributed by atoms with E-state index in [0.717, 1.165) is 0 Å². The van der Waals surface area contributed by atoms with Crippen molar-refractivity contribution in [2.45, 2.75) is 57.6 Å². The first kappa shape index (κ1) is 12.3. The Balaban J connectivity index is 2.04. The lowest BCUT2D eigenvalue weighted by Gasteiger charge is -2.23. The van der Waals surface area contributed by atoms with Crippen LogP contribution in [0.25, 0.3) is 0 Å². The lowest BCUT2D eigenvalue weighted by Crippen LogP contribution is -2.39. The van der Waals surface area contributed by atoms with E-state index in [0.29, 0.717) is 6.61 Å². The predicted molar refractivity (Wildman–Crippen MR) is 55.8 cm³/mol. The topological polar surface area (TPSA) is 57.2 Å². The van der Waals surface area contributed by atoms with Crippen molar-refractivity contribution in [1.82, 2.24) is 0 Å². The molecule has 2 aliphatic heterocycles. The van der Waals surface area contributed by atoms with Crippen molar-refractivity contribution in [1.29, 1.82) is 0 Å². The van der Waals surface area contributed by atoms with Crippen LogP contribution in [-0.4, -0.2) is 48.2 Å². The standard InChI is InChI=1S/C11H20O5/c1-10(2)13-6-8(15-10)9-7(5-12)14-11(3,4)16-9/h7-9,12H,5-6H2,1-4H3/t7-,8+,9+/m0/s1. The SMILES string of the molecule is CC1(C)O[C@@H]([C@H]2COC(C)(C)O2)[C@H](CO)O1. The molecule has 0 aliphatic carbocycles. The van der Waals surface area contributed by atoms with Gasteiger partial charge in [-0.3, -0.25) is 0 Å². The van der Waals surface area contributed by atoms with Crippen molar-refractivity contribution in [2.75, 3.05) is 13.2 Å². The highest BCUT2D eigenvalue weighted by molar-refractivity contribution is 4.90. The Morgan fingerprint density at radius 1 is 1.06 bits per heavy atom. The first-order valence-electron chi connectivity index (χ1n) is 5.61. The Morgan fingerprint density at radius 3 is 2.25 bits per heavy atom. The molecule has 94 valence electrons. The van der Waals surface area contributed by atoms with Crippen molar-refractivity contribution >= 4 is 0 Å². The molecule has 0 bridgehead atoms. The number of rotatable bonds is 2. The lowest BCUT2D eigenvalue weighted by atomic mass is 10.1. The van der Waals surface area contributed by atoms with Crippen molar-refractivity contribution in [2.24, 2.45) is 0 Å². The molecule has 1 N–H and O–H groups in total. The minimum Gasteiger partial charge on any atom is -0.394 e. The zero-order valence-corrected chi connectivity index (χ0v) is 10.2. The van der Waals surface area contributed by atoms with Gasteiger partial charge in [-0.1, -0.05) is 0 Å². The van der Waals surface area contributed by atoms with Crippen LogP contribution in [0.15, 0.2) is 0 Å². The third-order valence-corrected chi connectivity index (χ3v) is 2.80. The van der Waals surface area contributed by atoms with Crippen LogP contribution in [0.5, 0.6) is 0 Å². The number of aliphatic hydroxyl groups is 1. The molecule has 2 aliphatic rings. The zero-order valence-electron chi connectivity index (χ0n) is 10.2. The van der Waals surface area contributed by atoms with Gasteiger partial charge in [-0.25, -0.2) is 0 Å². The van der Waals surface area contributed by atoms with E-state index in [9.17, 15) is 5.11 Å². The van der Waals surface area contributed by atoms with Crippen LogP contribution in [-0.2, 0) is 18.9 Å². The van der Waals surface area contributed by atoms with Gasteiger partial charge in [0, 0.05) is 0 Å². The molecule has 0 aromatic carbocycles. The van der Waals surface area contributed by atoms with E-state index in [1.54, 1.807) is 0 Å². The fourth-order valence-electron chi connectivity index (χ4n) is 2.20. The highest BCUT2D eigenvalue weighted by atomic mass is 16.8. The van der Waals surface area contributed by atoms with E-state index in [2.05, 4.69) is 0 Å². The highest BCUT2D eigenvalue weighted by Gasteiger charge is 2.49. The Bertz CT molecular complexity index is 263. The lowest BCUT2D eigenvalue weighted by molar-refractivity contribution is -0.175. The molecular formula is C11H20O5. The highest BCUT2D eigenvalue weighted by Crippen LogP contribution is 2.35. The van der Waals surface area contributed by atoms with E-state index in [1.165, 1.54) is 0 Å². The fourth-order valence-corrected chi connectivity index (χ4v) is 2.20. The van der Waals surface area contributed by atoms with Gasteiger partial charge in [0.05, 0.1) is 13.2 Å². The molecule has 5 nitrogen and oxygen atoms in total. The summed E-state index contributed by atoms with van der Waals surface area (Å²) in [5, 5.41) is 9.26. The average molecular weight is 232 g/mol. The van der Waals surface area contributed by atoms with Gasteiger partial charge in [-0.05, 0) is 27.7 Å². The summed E-state index contributed by atoms with van der Waals surface area (Å²) in [6, 6.07) is 0. The van der Waals surface area contributed by atoms with Gasteiger partial charge in [-0.15, -0.1) is 0 Å². The third kappa shape index (κ3) is 2.38. The van der Waals surface area contributed by atoms with E-state index in [4.69, 9.17) is 18.9 Å². The quantitative estimate of drug-likeness (QED) is 0.757. The van der Waals surface area contributed by atoms with Crippen molar-refractivity contribution < 1.29 is 24.1 Å². The van der Waals surface area contributed by atoms with E-state index < -0.39 is 11.6 Å². The molecule has 0 aromatic heterocycles. The minimum atomic E-state index is -0.672. The maximum Gasteiger partial charge on any atom is 0.164 e. The third-order valence-electron chi connectivity index (χ3n) is 2.80. The van der Waals surface area contributed by atoms with Gasteiger partial charge in [-0.2, -0.15) is 0 Å². The van der Waals surface area contributed by atoms with Gasteiger partial charge < -0.3 is 24.1 Å². The molecule has 3 atom stereocenters. The van der Waals surface area contributed by atoms with Gasteiger partial charge >= 0.3 is 0 Å². The summed E-state index contributed by atoms with van der Waals surface area (Å²) in [5.74, 6) is -1.26. The molecule has 0 saturated carbocycles. The molecular weight excluding hydrogens is 212 g/mol. The summed E-state index contributed by atoms with van der Waals surface area (Å²) in [6.07, 6.45) is -0.812. The van der Waals surface area contributed by atoms with Crippen LogP contribution >= 0.6 is 0 Å². The molecule has 2 rings (SSSR count). The molecule has 5 heteroatoms. The minimum absolute atomic E-state index is 0.0750. The van der Waals surface area contributed by atoms with E-state index >= 15 is 0 Å². The van der Waals surface area contributed by atoms with Gasteiger partial charge in [0.1, 0.15) is 18.3 Å². The molecule has 2 heterocycles. The summed E-state index contributed by atoms with van der Waals surface area (Å²) in [6.45, 7) is 7.78. The molecule has 0 spiro atoms. The molecule has 0 aromatic rings. The number of hydrogen-bond acceptors (Lipinski definition) is 5. The summed E-state index contributed by atoms with van der Waals surface area (Å²) in [5.41, 5.74) is 0. The second kappa shape index (κ2) is 3.92. The first-order chi connectivity index (χ1) is 7.33. The molecule has 2 fully saturated rings. The average Bonchev–Trinajstić information content (AvgIpc) is 2.65. The Hall–Kier alpha value is -0.200. The van der Waals surface area contributed by atoms with Crippen LogP contribution in [0.1, 0.15) is 27.7 Å². The summed E-state index contributed by atoms with van der Waals surface area (Å²) < 4.78 is 22.5. The van der Waals surface area contributed by atoms with Crippen LogP contribution in [0.4, 0.5) is 0 Å². The monoisotopic (exact) mass is 232 g/mol. The molecule has 0 radical (unpaired) electrons. The van der Waals surface area contributed by atoms with Crippen LogP contribution < -0.4 is 0 Å². The largest absolute Gasteiger partial charge is 0.394 e. The Morgan fingerprint density at radius 2 is 1.75 bits per heavy atom. The summed E-state index contributed by atoms with van der Waals surface area (Å²) in [7, 11) is 0. The van der Waals surface area contributed by atoms with Crippen molar-refractivity contribution in [3.63, 3.8) is 0 Å². The first-order valence-corrected chi connectivity index (χ1v) is 5.61.